The lowest BCUT2D eigenvalue weighted by atomic mass is 10.5. The minimum atomic E-state index is 0.00926. The van der Waals surface area contributed by atoms with Gasteiger partial charge in [-0.15, -0.1) is 0 Å². The van der Waals surface area contributed by atoms with Gasteiger partial charge in [0.1, 0.15) is 6.29 Å². The molecule has 27 valence electrons. The summed E-state index contributed by atoms with van der Waals surface area (Å²) in [5.74, 6) is 0. The van der Waals surface area contributed by atoms with E-state index in [2.05, 4.69) is 10.2 Å². The highest BCUT2D eigenvalue weighted by atomic mass is 28.1. The quantitative estimate of drug-likeness (QED) is 0.327. The third-order valence-electron chi connectivity index (χ3n) is 0.204. The molecule has 0 bridgehead atoms. The van der Waals surface area contributed by atoms with E-state index in [4.69, 9.17) is 0 Å². The Morgan fingerprint density at radius 1 is 2.00 bits per heavy atom. The summed E-state index contributed by atoms with van der Waals surface area (Å²) >= 11 is 0. The molecule has 0 spiro atoms. The number of carbonyl (C=O) groups is 1. The maximum atomic E-state index is 9.46. The third kappa shape index (κ3) is 3.89. The fourth-order valence-electron chi connectivity index (χ4n) is 0. The molecule has 0 aliphatic carbocycles. The Morgan fingerprint density at radius 3 is 2.20 bits per heavy atom. The van der Waals surface area contributed by atoms with Crippen LogP contribution < -0.4 is 0 Å². The van der Waals surface area contributed by atoms with E-state index in [1.165, 1.54) is 0 Å². The summed E-state index contributed by atoms with van der Waals surface area (Å²) in [4.78, 5) is 9.46. The van der Waals surface area contributed by atoms with Crippen LogP contribution in [0, 0.1) is 0 Å². The monoisotopic (exact) mass is 85.0 g/mol. The lowest BCUT2D eigenvalue weighted by Crippen LogP contribution is -1.81. The summed E-state index contributed by atoms with van der Waals surface area (Å²) in [6.45, 7) is 1.77. The van der Waals surface area contributed by atoms with Gasteiger partial charge < -0.3 is 4.79 Å². The number of hydrogen-bond donors (Lipinski definition) is 0. The highest BCUT2D eigenvalue weighted by molar-refractivity contribution is 6.19. The normalized spacial score (nSPS) is 14.0. The van der Waals surface area contributed by atoms with Crippen molar-refractivity contribution in [1.82, 2.24) is 0 Å². The van der Waals surface area contributed by atoms with Gasteiger partial charge in [0, 0.05) is 10.2 Å². The molecule has 0 aromatic heterocycles. The van der Waals surface area contributed by atoms with Gasteiger partial charge in [-0.1, -0.05) is 6.92 Å². The fraction of sp³-hybridized carbons (Fsp3) is 0.667. The lowest BCUT2D eigenvalue weighted by Gasteiger charge is -1.78. The molecule has 0 rings (SSSR count). The van der Waals surface area contributed by atoms with E-state index in [0.717, 1.165) is 6.29 Å². The molecule has 0 aromatic rings. The molecule has 1 unspecified atom stereocenters. The van der Waals surface area contributed by atoms with Crippen LogP contribution in [0.3, 0.4) is 0 Å². The molecule has 0 heterocycles. The summed E-state index contributed by atoms with van der Waals surface area (Å²) < 4.78 is 0. The zero-order valence-corrected chi connectivity index (χ0v) is 4.06. The largest absolute Gasteiger partial charge is 0.303 e. The van der Waals surface area contributed by atoms with Crippen molar-refractivity contribution in [3.8, 4) is 0 Å². The van der Waals surface area contributed by atoms with Crippen LogP contribution in [0.2, 0.25) is 5.54 Å². The van der Waals surface area contributed by atoms with E-state index in [9.17, 15) is 4.79 Å². The van der Waals surface area contributed by atoms with Gasteiger partial charge in [0.25, 0.3) is 0 Å². The van der Waals surface area contributed by atoms with E-state index >= 15 is 0 Å². The third-order valence-corrected chi connectivity index (χ3v) is 0.340. The molecule has 0 amide bonds. The van der Waals surface area contributed by atoms with Gasteiger partial charge in [0.2, 0.25) is 0 Å². The standard InChI is InChI=1S/C3H5OSi/c1-3(5)2-4/h2-3H,1H3. The van der Waals surface area contributed by atoms with E-state index in [0.29, 0.717) is 0 Å². The van der Waals surface area contributed by atoms with E-state index < -0.39 is 0 Å². The van der Waals surface area contributed by atoms with Crippen LogP contribution in [0.1, 0.15) is 6.92 Å². The Hall–Kier alpha value is -0.113. The van der Waals surface area contributed by atoms with Crippen molar-refractivity contribution in [2.45, 2.75) is 12.5 Å². The van der Waals surface area contributed by atoms with Crippen LogP contribution in [0.4, 0.5) is 0 Å². The molecule has 1 atom stereocenters. The van der Waals surface area contributed by atoms with Crippen LogP contribution in [-0.2, 0) is 4.79 Å². The maximum Gasteiger partial charge on any atom is 0.119 e. The second-order valence-corrected chi connectivity index (χ2v) is 1.84. The van der Waals surface area contributed by atoms with Gasteiger partial charge in [0.05, 0.1) is 0 Å². The van der Waals surface area contributed by atoms with Crippen molar-refractivity contribution in [2.24, 2.45) is 0 Å². The lowest BCUT2D eigenvalue weighted by molar-refractivity contribution is -0.107. The summed E-state index contributed by atoms with van der Waals surface area (Å²) in [5, 5.41) is 0. The first kappa shape index (κ1) is 4.89. The Balaban J connectivity index is 2.83. The first-order chi connectivity index (χ1) is 2.27. The molecule has 0 fully saturated rings. The van der Waals surface area contributed by atoms with Crippen molar-refractivity contribution >= 4 is 16.5 Å². The molecule has 0 saturated heterocycles. The molecular weight excluding hydrogens is 80.1 g/mol. The van der Waals surface area contributed by atoms with Crippen LogP contribution >= 0.6 is 0 Å². The molecular formula is C3H5OSi. The SMILES string of the molecule is CC([Si])C=O. The average molecular weight is 85.2 g/mol. The molecule has 3 radical (unpaired) electrons. The Morgan fingerprint density at radius 2 is 2.20 bits per heavy atom. The van der Waals surface area contributed by atoms with Gasteiger partial charge in [-0.05, 0) is 5.54 Å². The second-order valence-electron chi connectivity index (χ2n) is 0.925. The van der Waals surface area contributed by atoms with Crippen LogP contribution in [0.25, 0.3) is 0 Å². The van der Waals surface area contributed by atoms with E-state index in [1.54, 1.807) is 6.92 Å². The molecule has 2 heteroatoms. The number of aldehydes is 1. The Kier molecular flexibility index (Phi) is 2.10. The van der Waals surface area contributed by atoms with E-state index in [-0.39, 0.29) is 5.54 Å². The minimum Gasteiger partial charge on any atom is -0.303 e. The predicted molar refractivity (Wildman–Crippen MR) is 21.2 cm³/mol. The van der Waals surface area contributed by atoms with Crippen molar-refractivity contribution in [3.63, 3.8) is 0 Å². The summed E-state index contributed by atoms with van der Waals surface area (Å²) in [5.41, 5.74) is 0.00926. The topological polar surface area (TPSA) is 17.1 Å². The average Bonchev–Trinajstić information content (AvgIpc) is 1.38. The number of hydrogen-bond acceptors (Lipinski definition) is 1. The maximum absolute atomic E-state index is 9.46. The molecule has 0 aliphatic rings. The van der Waals surface area contributed by atoms with Gasteiger partial charge >= 0.3 is 0 Å². The first-order valence-electron chi connectivity index (χ1n) is 1.44. The molecule has 5 heavy (non-hydrogen) atoms. The van der Waals surface area contributed by atoms with Gasteiger partial charge in [-0.2, -0.15) is 0 Å². The highest BCUT2D eigenvalue weighted by Gasteiger charge is 1.80. The molecule has 1 nitrogen and oxygen atoms in total. The van der Waals surface area contributed by atoms with Crippen molar-refractivity contribution in [3.05, 3.63) is 0 Å². The van der Waals surface area contributed by atoms with Crippen molar-refractivity contribution in [2.75, 3.05) is 0 Å². The smallest absolute Gasteiger partial charge is 0.119 e. The van der Waals surface area contributed by atoms with Crippen LogP contribution in [-0.4, -0.2) is 16.5 Å². The first-order valence-corrected chi connectivity index (χ1v) is 2.01. The summed E-state index contributed by atoms with van der Waals surface area (Å²) in [7, 11) is 3.05. The zero-order valence-electron chi connectivity index (χ0n) is 3.06. The molecule has 0 saturated carbocycles. The highest BCUT2D eigenvalue weighted by Crippen LogP contribution is 1.81. The van der Waals surface area contributed by atoms with Crippen molar-refractivity contribution < 1.29 is 4.79 Å². The number of carbonyl (C=O) groups excluding carboxylic acids is 1. The van der Waals surface area contributed by atoms with Crippen LogP contribution in [0.5, 0.6) is 0 Å². The van der Waals surface area contributed by atoms with E-state index in [1.807, 2.05) is 0 Å². The Labute approximate surface area is 34.8 Å². The Bertz CT molecular complexity index is 33.9. The van der Waals surface area contributed by atoms with Gasteiger partial charge in [-0.25, -0.2) is 0 Å². The number of rotatable bonds is 1. The van der Waals surface area contributed by atoms with Gasteiger partial charge in [-0.3, -0.25) is 0 Å². The van der Waals surface area contributed by atoms with Gasteiger partial charge in [0.15, 0.2) is 0 Å². The van der Waals surface area contributed by atoms with Crippen LogP contribution in [0.15, 0.2) is 0 Å². The minimum absolute atomic E-state index is 0.00926. The zero-order chi connectivity index (χ0) is 4.28. The fourth-order valence-corrected chi connectivity index (χ4v) is 0. The molecule has 0 aliphatic heterocycles. The molecule has 0 aromatic carbocycles. The molecule has 0 N–H and O–H groups in total. The summed E-state index contributed by atoms with van der Waals surface area (Å²) in [6.07, 6.45) is 0.830. The summed E-state index contributed by atoms with van der Waals surface area (Å²) in [6, 6.07) is 0. The predicted octanol–water partition coefficient (Wildman–Crippen LogP) is 0.162. The second kappa shape index (κ2) is 2.14. The van der Waals surface area contributed by atoms with Crippen molar-refractivity contribution in [1.29, 1.82) is 0 Å².